The molecule has 0 radical (unpaired) electrons. The van der Waals surface area contributed by atoms with E-state index in [0.717, 1.165) is 39.5 Å². The molecule has 0 bridgehead atoms. The average Bonchev–Trinajstić information content (AvgIpc) is 2.92. The number of hydrogen-bond acceptors (Lipinski definition) is 3. The summed E-state index contributed by atoms with van der Waals surface area (Å²) in [6, 6.07) is 32.4. The van der Waals surface area contributed by atoms with Crippen LogP contribution in [0.5, 0.6) is 5.75 Å². The summed E-state index contributed by atoms with van der Waals surface area (Å²) < 4.78 is 5.33. The van der Waals surface area contributed by atoms with Crippen LogP contribution in [0.1, 0.15) is 43.0 Å². The van der Waals surface area contributed by atoms with E-state index in [1.165, 1.54) is 0 Å². The third kappa shape index (κ3) is 5.72. The number of rotatable bonds is 6. The van der Waals surface area contributed by atoms with Gasteiger partial charge in [-0.1, -0.05) is 69.3 Å². The van der Waals surface area contributed by atoms with Gasteiger partial charge < -0.3 is 9.64 Å². The van der Waals surface area contributed by atoms with Gasteiger partial charge in [0.25, 0.3) is 0 Å². The molecule has 0 fully saturated rings. The first-order valence-corrected chi connectivity index (χ1v) is 12.1. The summed E-state index contributed by atoms with van der Waals surface area (Å²) in [5.41, 5.74) is 6.68. The third-order valence-electron chi connectivity index (χ3n) is 6.17. The molecule has 4 heteroatoms. The zero-order valence-electron chi connectivity index (χ0n) is 21.6. The maximum atomic E-state index is 9.69. The molecule has 4 nitrogen and oxygen atoms in total. The van der Waals surface area contributed by atoms with Gasteiger partial charge in [0.2, 0.25) is 0 Å². The molecule has 0 amide bonds. The van der Waals surface area contributed by atoms with Crippen molar-refractivity contribution in [2.24, 2.45) is 0 Å². The van der Waals surface area contributed by atoms with Crippen LogP contribution >= 0.6 is 0 Å². The summed E-state index contributed by atoms with van der Waals surface area (Å²) in [5, 5.41) is 9.69. The largest absolute Gasteiger partial charge is 0.497 e. The highest BCUT2D eigenvalue weighted by Gasteiger charge is 2.20. The fourth-order valence-corrected chi connectivity index (χ4v) is 4.22. The monoisotopic (exact) mass is 483 g/mol. The van der Waals surface area contributed by atoms with Gasteiger partial charge in [-0.25, -0.2) is 4.85 Å². The predicted molar refractivity (Wildman–Crippen MR) is 153 cm³/mol. The Kier molecular flexibility index (Phi) is 7.42. The average molecular weight is 484 g/mol. The Bertz CT molecular complexity index is 1480. The zero-order chi connectivity index (χ0) is 26.4. The summed E-state index contributed by atoms with van der Waals surface area (Å²) in [5.74, 6) is 0.811. The highest BCUT2D eigenvalue weighted by molar-refractivity contribution is 5.81. The fourth-order valence-electron chi connectivity index (χ4n) is 4.22. The molecule has 0 heterocycles. The number of ether oxygens (including phenoxy) is 1. The van der Waals surface area contributed by atoms with E-state index in [1.807, 2.05) is 66.7 Å². The zero-order valence-corrected chi connectivity index (χ0v) is 21.6. The molecule has 0 unspecified atom stereocenters. The van der Waals surface area contributed by atoms with E-state index in [9.17, 15) is 5.26 Å². The topological polar surface area (TPSA) is 40.6 Å². The molecular weight excluding hydrogens is 454 g/mol. The number of hydrogen-bond donors (Lipinski definition) is 0. The van der Waals surface area contributed by atoms with Gasteiger partial charge in [-0.3, -0.25) is 0 Å². The van der Waals surface area contributed by atoms with Crippen LogP contribution in [0, 0.1) is 17.9 Å². The van der Waals surface area contributed by atoms with Crippen molar-refractivity contribution in [1.82, 2.24) is 0 Å². The van der Waals surface area contributed by atoms with Crippen LogP contribution in [0.4, 0.5) is 22.7 Å². The van der Waals surface area contributed by atoms with E-state index in [0.29, 0.717) is 11.3 Å². The molecule has 0 atom stereocenters. The van der Waals surface area contributed by atoms with E-state index in [-0.39, 0.29) is 5.41 Å². The molecule has 182 valence electrons. The van der Waals surface area contributed by atoms with E-state index in [1.54, 1.807) is 7.11 Å². The highest BCUT2D eigenvalue weighted by Crippen LogP contribution is 2.36. The summed E-state index contributed by atoms with van der Waals surface area (Å²) in [4.78, 5) is 5.91. The van der Waals surface area contributed by atoms with Crippen LogP contribution in [0.2, 0.25) is 0 Å². The number of para-hydroxylation sites is 1. The lowest BCUT2D eigenvalue weighted by atomic mass is 9.83. The molecule has 4 aromatic rings. The maximum Gasteiger partial charge on any atom is 0.194 e. The van der Waals surface area contributed by atoms with E-state index < -0.39 is 0 Å². The molecule has 0 saturated carbocycles. The Labute approximate surface area is 219 Å². The minimum Gasteiger partial charge on any atom is -0.497 e. The minimum absolute atomic E-state index is 0.211. The van der Waals surface area contributed by atoms with Crippen molar-refractivity contribution in [2.45, 2.75) is 26.2 Å². The SMILES string of the molecule is [C-]#[N+]c1cc(C(C)(C)C)c(C#N)cc1C=Cc1ccc(N(c2ccccc2)c2ccc(OC)cc2)cc1. The second-order valence-electron chi connectivity index (χ2n) is 9.72. The molecule has 0 spiro atoms. The molecule has 4 aromatic carbocycles. The van der Waals surface area contributed by atoms with Gasteiger partial charge in [0.15, 0.2) is 5.69 Å². The fraction of sp³-hybridized carbons (Fsp3) is 0.152. The second-order valence-corrected chi connectivity index (χ2v) is 9.72. The van der Waals surface area contributed by atoms with E-state index >= 15 is 0 Å². The smallest absolute Gasteiger partial charge is 0.194 e. The number of anilines is 3. The van der Waals surface area contributed by atoms with Crippen molar-refractivity contribution in [3.8, 4) is 11.8 Å². The van der Waals surface area contributed by atoms with Crippen molar-refractivity contribution in [1.29, 1.82) is 5.26 Å². The van der Waals surface area contributed by atoms with Gasteiger partial charge in [0.1, 0.15) is 5.75 Å². The summed E-state index contributed by atoms with van der Waals surface area (Å²) in [6.45, 7) is 13.8. The minimum atomic E-state index is -0.211. The normalized spacial score (nSPS) is 11.1. The Morgan fingerprint density at radius 2 is 1.43 bits per heavy atom. The first kappa shape index (κ1) is 25.3. The van der Waals surface area contributed by atoms with Crippen molar-refractivity contribution < 1.29 is 4.74 Å². The van der Waals surface area contributed by atoms with Gasteiger partial charge >= 0.3 is 0 Å². The molecule has 0 aliphatic carbocycles. The van der Waals surface area contributed by atoms with Crippen molar-refractivity contribution in [3.05, 3.63) is 125 Å². The Morgan fingerprint density at radius 3 is 1.97 bits per heavy atom. The molecule has 0 N–H and O–H groups in total. The number of methoxy groups -OCH3 is 1. The molecule has 4 rings (SSSR count). The van der Waals surface area contributed by atoms with Crippen LogP contribution in [0.3, 0.4) is 0 Å². The van der Waals surface area contributed by atoms with Gasteiger partial charge in [-0.05, 0) is 76.7 Å². The number of nitriles is 1. The van der Waals surface area contributed by atoms with E-state index in [4.69, 9.17) is 11.3 Å². The number of nitrogens with zero attached hydrogens (tertiary/aromatic N) is 3. The van der Waals surface area contributed by atoms with Crippen LogP contribution in [0.15, 0.2) is 91.0 Å². The Balaban J connectivity index is 1.66. The number of benzene rings is 4. The van der Waals surface area contributed by atoms with E-state index in [2.05, 4.69) is 73.0 Å². The first-order valence-electron chi connectivity index (χ1n) is 12.1. The molecule has 0 aliphatic heterocycles. The molecule has 0 aliphatic rings. The highest BCUT2D eigenvalue weighted by atomic mass is 16.5. The Hall–Kier alpha value is -4.80. The van der Waals surface area contributed by atoms with Crippen molar-refractivity contribution in [3.63, 3.8) is 0 Å². The molecular formula is C33H29N3O. The molecule has 0 aromatic heterocycles. The maximum absolute atomic E-state index is 9.69. The van der Waals surface area contributed by atoms with Gasteiger partial charge in [0, 0.05) is 17.1 Å². The lowest BCUT2D eigenvalue weighted by molar-refractivity contribution is 0.415. The van der Waals surface area contributed by atoms with Gasteiger partial charge in [-0.2, -0.15) is 5.26 Å². The lowest BCUT2D eigenvalue weighted by Gasteiger charge is -2.25. The van der Waals surface area contributed by atoms with Crippen LogP contribution in [0.25, 0.3) is 17.0 Å². The van der Waals surface area contributed by atoms with Crippen LogP contribution < -0.4 is 9.64 Å². The van der Waals surface area contributed by atoms with Crippen molar-refractivity contribution in [2.75, 3.05) is 12.0 Å². The van der Waals surface area contributed by atoms with Crippen molar-refractivity contribution >= 4 is 34.9 Å². The second kappa shape index (κ2) is 10.9. The summed E-state index contributed by atoms with van der Waals surface area (Å²) in [7, 11) is 1.66. The van der Waals surface area contributed by atoms with Crippen LogP contribution in [-0.4, -0.2) is 7.11 Å². The Morgan fingerprint density at radius 1 is 0.838 bits per heavy atom. The molecule has 37 heavy (non-hydrogen) atoms. The molecule has 0 saturated heterocycles. The third-order valence-corrected chi connectivity index (χ3v) is 6.17. The lowest BCUT2D eigenvalue weighted by Crippen LogP contribution is -2.13. The van der Waals surface area contributed by atoms with Gasteiger partial charge in [-0.15, -0.1) is 0 Å². The van der Waals surface area contributed by atoms with Crippen LogP contribution in [-0.2, 0) is 5.41 Å². The quantitative estimate of drug-likeness (QED) is 0.203. The predicted octanol–water partition coefficient (Wildman–Crippen LogP) is 9.06. The standard InChI is InChI=1S/C33H29N3O/c1-33(2,3)31-22-32(35-4)25(21-26(31)23-34)14-11-24-12-15-28(16-13-24)36(27-9-7-6-8-10-27)29-17-19-30(37-5)20-18-29/h6-22H,1-3,5H3. The van der Waals surface area contributed by atoms with Gasteiger partial charge in [0.05, 0.1) is 25.3 Å². The summed E-state index contributed by atoms with van der Waals surface area (Å²) in [6.07, 6.45) is 3.89. The first-order chi connectivity index (χ1) is 17.8. The summed E-state index contributed by atoms with van der Waals surface area (Å²) >= 11 is 0.